The van der Waals surface area contributed by atoms with E-state index in [0.717, 1.165) is 12.5 Å². The standard InChI is InChI=1S/C22H30N/c1-5-11-18(6-2)22(7-3)16-23-15-10-12-17(4)21(23)19-13-8-9-14-20(19)22/h8-10,12-15,18H,5-7,11,16H2,1-4H3/q+1. The molecule has 0 amide bonds. The lowest BCUT2D eigenvalue weighted by atomic mass is 9.63. The first-order chi connectivity index (χ1) is 11.2. The molecule has 0 spiro atoms. The average Bonchev–Trinajstić information content (AvgIpc) is 2.59. The molecule has 2 atom stereocenters. The van der Waals surface area contributed by atoms with E-state index in [2.05, 4.69) is 74.9 Å². The van der Waals surface area contributed by atoms with E-state index in [4.69, 9.17) is 0 Å². The monoisotopic (exact) mass is 308 g/mol. The fourth-order valence-electron chi connectivity index (χ4n) is 4.84. The highest BCUT2D eigenvalue weighted by molar-refractivity contribution is 5.67. The Morgan fingerprint density at radius 2 is 1.87 bits per heavy atom. The SMILES string of the molecule is CCCC(CC)C1(CC)C[n+]2cccc(C)c2-c2ccccc21. The van der Waals surface area contributed by atoms with E-state index in [1.807, 2.05) is 0 Å². The minimum absolute atomic E-state index is 0.271. The predicted molar refractivity (Wildman–Crippen MR) is 97.5 cm³/mol. The number of hydrogen-bond donors (Lipinski definition) is 0. The second-order valence-electron chi connectivity index (χ2n) is 7.12. The highest BCUT2D eigenvalue weighted by Crippen LogP contribution is 2.47. The minimum atomic E-state index is 0.271. The molecule has 0 saturated heterocycles. The molecule has 122 valence electrons. The van der Waals surface area contributed by atoms with Gasteiger partial charge < -0.3 is 0 Å². The molecule has 23 heavy (non-hydrogen) atoms. The van der Waals surface area contributed by atoms with Crippen molar-refractivity contribution in [2.75, 3.05) is 0 Å². The molecule has 2 aromatic rings. The molecule has 3 rings (SSSR count). The number of benzene rings is 1. The molecule has 1 nitrogen and oxygen atoms in total. The second kappa shape index (κ2) is 6.47. The summed E-state index contributed by atoms with van der Waals surface area (Å²) in [5.74, 6) is 0.750. The van der Waals surface area contributed by atoms with Crippen LogP contribution in [0.5, 0.6) is 0 Å². The summed E-state index contributed by atoms with van der Waals surface area (Å²) in [5.41, 5.74) is 6.10. The fourth-order valence-corrected chi connectivity index (χ4v) is 4.84. The third-order valence-electron chi connectivity index (χ3n) is 5.99. The molecular formula is C22H30N+. The van der Waals surface area contributed by atoms with Gasteiger partial charge in [0.1, 0.15) is 0 Å². The molecule has 2 unspecified atom stereocenters. The van der Waals surface area contributed by atoms with Crippen molar-refractivity contribution in [1.82, 2.24) is 0 Å². The van der Waals surface area contributed by atoms with Crippen molar-refractivity contribution < 1.29 is 4.57 Å². The zero-order valence-corrected chi connectivity index (χ0v) is 15.1. The van der Waals surface area contributed by atoms with Crippen LogP contribution in [0.1, 0.15) is 57.6 Å². The summed E-state index contributed by atoms with van der Waals surface area (Å²) >= 11 is 0. The summed E-state index contributed by atoms with van der Waals surface area (Å²) in [6, 6.07) is 13.6. The number of aromatic nitrogens is 1. The summed E-state index contributed by atoms with van der Waals surface area (Å²) in [5, 5.41) is 0. The van der Waals surface area contributed by atoms with Crippen molar-refractivity contribution in [1.29, 1.82) is 0 Å². The quantitative estimate of drug-likeness (QED) is 0.648. The summed E-state index contributed by atoms with van der Waals surface area (Å²) < 4.78 is 2.51. The molecule has 1 aliphatic rings. The number of nitrogens with zero attached hydrogens (tertiary/aromatic N) is 1. The smallest absolute Gasteiger partial charge is 0.197 e. The highest BCUT2D eigenvalue weighted by atomic mass is 15.0. The van der Waals surface area contributed by atoms with Crippen molar-refractivity contribution in [2.45, 2.75) is 65.3 Å². The number of hydrogen-bond acceptors (Lipinski definition) is 0. The van der Waals surface area contributed by atoms with E-state index in [0.29, 0.717) is 0 Å². The molecule has 1 heteroatoms. The second-order valence-corrected chi connectivity index (χ2v) is 7.12. The summed E-state index contributed by atoms with van der Waals surface area (Å²) in [6.07, 6.45) is 7.34. The molecule has 0 fully saturated rings. The predicted octanol–water partition coefficient (Wildman–Crippen LogP) is 5.44. The van der Waals surface area contributed by atoms with Gasteiger partial charge in [-0.15, -0.1) is 0 Å². The summed E-state index contributed by atoms with van der Waals surface area (Å²) in [7, 11) is 0. The first-order valence-electron chi connectivity index (χ1n) is 9.26. The fraction of sp³-hybridized carbons (Fsp3) is 0.500. The maximum absolute atomic E-state index is 2.51. The van der Waals surface area contributed by atoms with Gasteiger partial charge in [-0.3, -0.25) is 0 Å². The Morgan fingerprint density at radius 1 is 1.09 bits per heavy atom. The molecule has 0 radical (unpaired) electrons. The first kappa shape index (κ1) is 16.2. The minimum Gasteiger partial charge on any atom is -0.197 e. The van der Waals surface area contributed by atoms with Crippen molar-refractivity contribution in [3.8, 4) is 11.3 Å². The molecule has 0 aliphatic carbocycles. The zero-order chi connectivity index (χ0) is 16.4. The number of rotatable bonds is 5. The van der Waals surface area contributed by atoms with Gasteiger partial charge in [0, 0.05) is 11.6 Å². The Kier molecular flexibility index (Phi) is 4.57. The van der Waals surface area contributed by atoms with Crippen LogP contribution in [0.15, 0.2) is 42.6 Å². The molecule has 0 bridgehead atoms. The summed E-state index contributed by atoms with van der Waals surface area (Å²) in [6.45, 7) is 10.4. The normalized spacial score (nSPS) is 20.7. The van der Waals surface area contributed by atoms with Crippen molar-refractivity contribution in [3.63, 3.8) is 0 Å². The van der Waals surface area contributed by atoms with Crippen molar-refractivity contribution >= 4 is 0 Å². The van der Waals surface area contributed by atoms with E-state index in [1.54, 1.807) is 5.56 Å². The van der Waals surface area contributed by atoms with Gasteiger partial charge in [0.05, 0.1) is 11.0 Å². The van der Waals surface area contributed by atoms with Gasteiger partial charge in [-0.1, -0.05) is 51.8 Å². The number of aryl methyl sites for hydroxylation is 1. The van der Waals surface area contributed by atoms with E-state index in [-0.39, 0.29) is 5.41 Å². The van der Waals surface area contributed by atoms with E-state index in [1.165, 1.54) is 42.5 Å². The Balaban J connectivity index is 2.25. The Bertz CT molecular complexity index is 688. The average molecular weight is 308 g/mol. The molecule has 0 saturated carbocycles. The zero-order valence-electron chi connectivity index (χ0n) is 15.1. The Labute approximate surface area is 141 Å². The number of pyridine rings is 1. The van der Waals surface area contributed by atoms with Gasteiger partial charge in [-0.25, -0.2) is 0 Å². The van der Waals surface area contributed by atoms with Crippen LogP contribution in [0, 0.1) is 12.8 Å². The maximum Gasteiger partial charge on any atom is 0.215 e. The van der Waals surface area contributed by atoms with Crippen LogP contribution in [0.4, 0.5) is 0 Å². The van der Waals surface area contributed by atoms with Gasteiger partial charge in [-0.05, 0) is 43.4 Å². The lowest BCUT2D eigenvalue weighted by Gasteiger charge is -2.42. The van der Waals surface area contributed by atoms with Crippen LogP contribution >= 0.6 is 0 Å². The van der Waals surface area contributed by atoms with E-state index in [9.17, 15) is 0 Å². The van der Waals surface area contributed by atoms with Gasteiger partial charge in [0.2, 0.25) is 5.69 Å². The Hall–Kier alpha value is -1.63. The van der Waals surface area contributed by atoms with Crippen LogP contribution in [0.3, 0.4) is 0 Å². The third-order valence-corrected chi connectivity index (χ3v) is 5.99. The van der Waals surface area contributed by atoms with Crippen LogP contribution in [-0.2, 0) is 12.0 Å². The third kappa shape index (κ3) is 2.51. The highest BCUT2D eigenvalue weighted by Gasteiger charge is 2.47. The van der Waals surface area contributed by atoms with Gasteiger partial charge in [0.25, 0.3) is 0 Å². The van der Waals surface area contributed by atoms with Crippen LogP contribution in [0.25, 0.3) is 11.3 Å². The molecule has 1 aromatic heterocycles. The van der Waals surface area contributed by atoms with E-state index >= 15 is 0 Å². The summed E-state index contributed by atoms with van der Waals surface area (Å²) in [4.78, 5) is 0. The van der Waals surface area contributed by atoms with Crippen molar-refractivity contribution in [2.24, 2.45) is 5.92 Å². The molecule has 2 heterocycles. The topological polar surface area (TPSA) is 3.88 Å². The largest absolute Gasteiger partial charge is 0.215 e. The Morgan fingerprint density at radius 3 is 2.57 bits per heavy atom. The van der Waals surface area contributed by atoms with Crippen LogP contribution in [-0.4, -0.2) is 0 Å². The lowest BCUT2D eigenvalue weighted by molar-refractivity contribution is -0.699. The van der Waals surface area contributed by atoms with Crippen molar-refractivity contribution in [3.05, 3.63) is 53.7 Å². The maximum atomic E-state index is 2.51. The number of fused-ring (bicyclic) bond motifs is 3. The molecule has 0 N–H and O–H groups in total. The van der Waals surface area contributed by atoms with Gasteiger partial charge >= 0.3 is 0 Å². The first-order valence-corrected chi connectivity index (χ1v) is 9.26. The van der Waals surface area contributed by atoms with Gasteiger partial charge in [-0.2, -0.15) is 4.57 Å². The molecular weight excluding hydrogens is 278 g/mol. The van der Waals surface area contributed by atoms with E-state index < -0.39 is 0 Å². The van der Waals surface area contributed by atoms with Gasteiger partial charge in [0.15, 0.2) is 12.7 Å². The molecule has 1 aromatic carbocycles. The van der Waals surface area contributed by atoms with Crippen LogP contribution in [0.2, 0.25) is 0 Å². The van der Waals surface area contributed by atoms with Crippen LogP contribution < -0.4 is 4.57 Å². The molecule has 1 aliphatic heterocycles. The lowest BCUT2D eigenvalue weighted by Crippen LogP contribution is -2.54.